The number of nitriles is 1. The topological polar surface area (TPSA) is 71.3 Å². The van der Waals surface area contributed by atoms with Crippen LogP contribution in [-0.2, 0) is 11.4 Å². The van der Waals surface area contributed by atoms with E-state index in [9.17, 15) is 10.1 Å². The molecule has 0 heterocycles. The lowest BCUT2D eigenvalue weighted by Gasteiger charge is -2.14. The molecule has 3 aromatic rings. The van der Waals surface area contributed by atoms with Crippen molar-refractivity contribution in [3.05, 3.63) is 91.4 Å². The molecule has 0 spiro atoms. The highest BCUT2D eigenvalue weighted by Gasteiger charge is 2.15. The molecule has 0 aliphatic rings. The van der Waals surface area contributed by atoms with Crippen molar-refractivity contribution in [1.29, 1.82) is 5.26 Å². The van der Waals surface area contributed by atoms with E-state index in [2.05, 4.69) is 37.2 Å². The van der Waals surface area contributed by atoms with Gasteiger partial charge in [-0.05, 0) is 71.2 Å². The minimum Gasteiger partial charge on any atom is -0.493 e. The summed E-state index contributed by atoms with van der Waals surface area (Å²) in [5.41, 5.74) is 4.29. The van der Waals surface area contributed by atoms with Gasteiger partial charge in [-0.15, -0.1) is 0 Å². The molecule has 0 saturated carbocycles. The first-order valence-electron chi connectivity index (χ1n) is 10.1. The fourth-order valence-electron chi connectivity index (χ4n) is 3.19. The number of ether oxygens (including phenoxy) is 2. The standard InChI is InChI=1S/C26H22Br2N2O3/c1-16-8-9-23(17(2)10-16)30-26(31)20(14-29)11-18-12-22(28)25(24(13-18)32-3)33-15-19-6-4-5-7-21(19)27/h4-13H,15H2,1-3H3,(H,30,31)/b20-11+. The number of anilines is 1. The third-order valence-electron chi connectivity index (χ3n) is 4.89. The maximum absolute atomic E-state index is 12.7. The maximum Gasteiger partial charge on any atom is 0.266 e. The minimum absolute atomic E-state index is 0.0224. The van der Waals surface area contributed by atoms with Crippen LogP contribution in [0.2, 0.25) is 0 Å². The average Bonchev–Trinajstić information content (AvgIpc) is 2.79. The van der Waals surface area contributed by atoms with E-state index >= 15 is 0 Å². The molecule has 1 amide bonds. The zero-order valence-corrected chi connectivity index (χ0v) is 21.6. The van der Waals surface area contributed by atoms with Crippen molar-refractivity contribution in [2.45, 2.75) is 20.5 Å². The summed E-state index contributed by atoms with van der Waals surface area (Å²) in [4.78, 5) is 12.7. The van der Waals surface area contributed by atoms with Crippen LogP contribution in [0.15, 0.2) is 69.1 Å². The fourth-order valence-corrected chi connectivity index (χ4v) is 4.16. The van der Waals surface area contributed by atoms with Gasteiger partial charge in [0.15, 0.2) is 11.5 Å². The number of nitrogens with one attached hydrogen (secondary N) is 1. The highest BCUT2D eigenvalue weighted by molar-refractivity contribution is 9.10. The predicted molar refractivity (Wildman–Crippen MR) is 137 cm³/mol. The Kier molecular flexibility index (Phi) is 8.32. The van der Waals surface area contributed by atoms with Gasteiger partial charge in [-0.25, -0.2) is 0 Å². The quantitative estimate of drug-likeness (QED) is 0.246. The summed E-state index contributed by atoms with van der Waals surface area (Å²) in [5.74, 6) is 0.534. The molecule has 0 bridgehead atoms. The minimum atomic E-state index is -0.478. The maximum atomic E-state index is 12.7. The summed E-state index contributed by atoms with van der Waals surface area (Å²) in [7, 11) is 1.54. The largest absolute Gasteiger partial charge is 0.493 e. The van der Waals surface area contributed by atoms with Crippen molar-refractivity contribution in [1.82, 2.24) is 0 Å². The number of nitrogens with zero attached hydrogens (tertiary/aromatic N) is 1. The zero-order chi connectivity index (χ0) is 24.0. The van der Waals surface area contributed by atoms with Crippen LogP contribution in [0.25, 0.3) is 6.08 Å². The van der Waals surface area contributed by atoms with E-state index in [1.54, 1.807) is 19.2 Å². The Morgan fingerprint density at radius 1 is 1.09 bits per heavy atom. The third kappa shape index (κ3) is 6.25. The van der Waals surface area contributed by atoms with Gasteiger partial charge >= 0.3 is 0 Å². The number of carbonyl (C=O) groups excluding carboxylic acids is 1. The average molecular weight is 570 g/mol. The molecule has 0 aliphatic carbocycles. The molecule has 33 heavy (non-hydrogen) atoms. The van der Waals surface area contributed by atoms with Crippen LogP contribution in [0, 0.1) is 25.2 Å². The van der Waals surface area contributed by atoms with Crippen LogP contribution >= 0.6 is 31.9 Å². The van der Waals surface area contributed by atoms with E-state index in [-0.39, 0.29) is 5.57 Å². The van der Waals surface area contributed by atoms with Crippen molar-refractivity contribution in [2.24, 2.45) is 0 Å². The lowest BCUT2D eigenvalue weighted by Crippen LogP contribution is -2.14. The van der Waals surface area contributed by atoms with Gasteiger partial charge in [-0.2, -0.15) is 5.26 Å². The molecule has 0 atom stereocenters. The second-order valence-electron chi connectivity index (χ2n) is 7.36. The number of rotatable bonds is 7. The summed E-state index contributed by atoms with van der Waals surface area (Å²) in [6.45, 7) is 4.23. The molecule has 0 unspecified atom stereocenters. The molecule has 5 nitrogen and oxygen atoms in total. The molecule has 168 valence electrons. The number of hydrogen-bond donors (Lipinski definition) is 1. The van der Waals surface area contributed by atoms with E-state index in [4.69, 9.17) is 9.47 Å². The second kappa shape index (κ2) is 11.2. The Labute approximate surface area is 210 Å². The van der Waals surface area contributed by atoms with Gasteiger partial charge in [0.2, 0.25) is 0 Å². The second-order valence-corrected chi connectivity index (χ2v) is 9.07. The number of amides is 1. The first-order chi connectivity index (χ1) is 15.8. The number of carbonyl (C=O) groups is 1. The number of benzene rings is 3. The van der Waals surface area contributed by atoms with E-state index in [0.29, 0.717) is 33.8 Å². The number of halogens is 2. The van der Waals surface area contributed by atoms with Gasteiger partial charge in [-0.3, -0.25) is 4.79 Å². The Morgan fingerprint density at radius 3 is 2.52 bits per heavy atom. The van der Waals surface area contributed by atoms with Crippen LogP contribution < -0.4 is 14.8 Å². The lowest BCUT2D eigenvalue weighted by molar-refractivity contribution is -0.112. The van der Waals surface area contributed by atoms with Crippen molar-refractivity contribution >= 4 is 49.5 Å². The van der Waals surface area contributed by atoms with Gasteiger partial charge in [0, 0.05) is 15.7 Å². The van der Waals surface area contributed by atoms with Gasteiger partial charge in [0.05, 0.1) is 11.6 Å². The highest BCUT2D eigenvalue weighted by atomic mass is 79.9. The molecule has 0 fully saturated rings. The van der Waals surface area contributed by atoms with Crippen molar-refractivity contribution in [2.75, 3.05) is 12.4 Å². The third-order valence-corrected chi connectivity index (χ3v) is 6.25. The first kappa shape index (κ1) is 24.6. The van der Waals surface area contributed by atoms with Crippen molar-refractivity contribution < 1.29 is 14.3 Å². The molecule has 0 aromatic heterocycles. The fraction of sp³-hybridized carbons (Fsp3) is 0.154. The highest BCUT2D eigenvalue weighted by Crippen LogP contribution is 2.38. The zero-order valence-electron chi connectivity index (χ0n) is 18.4. The van der Waals surface area contributed by atoms with Gasteiger partial charge in [0.1, 0.15) is 18.2 Å². The van der Waals surface area contributed by atoms with Crippen molar-refractivity contribution in [3.8, 4) is 17.6 Å². The summed E-state index contributed by atoms with van der Waals surface area (Å²) in [5, 5.41) is 12.4. The van der Waals surface area contributed by atoms with Crippen LogP contribution in [0.4, 0.5) is 5.69 Å². The molecular formula is C26H22Br2N2O3. The lowest BCUT2D eigenvalue weighted by atomic mass is 10.1. The summed E-state index contributed by atoms with van der Waals surface area (Å²) >= 11 is 7.04. The Hall–Kier alpha value is -3.08. The first-order valence-corrected chi connectivity index (χ1v) is 11.6. The van der Waals surface area contributed by atoms with E-state index < -0.39 is 5.91 Å². The van der Waals surface area contributed by atoms with Crippen LogP contribution in [0.5, 0.6) is 11.5 Å². The van der Waals surface area contributed by atoms with E-state index in [1.165, 1.54) is 6.08 Å². The van der Waals surface area contributed by atoms with Crippen LogP contribution in [0.3, 0.4) is 0 Å². The van der Waals surface area contributed by atoms with Gasteiger partial charge in [-0.1, -0.05) is 51.8 Å². The van der Waals surface area contributed by atoms with E-state index in [1.807, 2.05) is 62.4 Å². The molecular weight excluding hydrogens is 548 g/mol. The number of hydrogen-bond acceptors (Lipinski definition) is 4. The summed E-state index contributed by atoms with van der Waals surface area (Å²) < 4.78 is 13.1. The molecule has 7 heteroatoms. The molecule has 0 saturated heterocycles. The molecule has 1 N–H and O–H groups in total. The number of aryl methyl sites for hydroxylation is 2. The Bertz CT molecular complexity index is 1260. The van der Waals surface area contributed by atoms with Gasteiger partial charge < -0.3 is 14.8 Å². The summed E-state index contributed by atoms with van der Waals surface area (Å²) in [6.07, 6.45) is 1.52. The van der Waals surface area contributed by atoms with Crippen LogP contribution in [-0.4, -0.2) is 13.0 Å². The predicted octanol–water partition coefficient (Wildman–Crippen LogP) is 6.96. The normalized spacial score (nSPS) is 11.0. The smallest absolute Gasteiger partial charge is 0.266 e. The van der Waals surface area contributed by atoms with E-state index in [0.717, 1.165) is 21.2 Å². The van der Waals surface area contributed by atoms with Crippen molar-refractivity contribution in [3.63, 3.8) is 0 Å². The Morgan fingerprint density at radius 2 is 1.85 bits per heavy atom. The SMILES string of the molecule is COc1cc(/C=C(\C#N)C(=O)Nc2ccc(C)cc2C)cc(Br)c1OCc1ccccc1Br. The summed E-state index contributed by atoms with van der Waals surface area (Å²) in [6, 6.07) is 19.0. The molecule has 3 aromatic carbocycles. The molecule has 0 radical (unpaired) electrons. The molecule has 3 rings (SSSR count). The Balaban J connectivity index is 1.84. The van der Waals surface area contributed by atoms with Gasteiger partial charge in [0.25, 0.3) is 5.91 Å². The molecule has 0 aliphatic heterocycles. The monoisotopic (exact) mass is 568 g/mol. The van der Waals surface area contributed by atoms with Crippen LogP contribution in [0.1, 0.15) is 22.3 Å². The number of methoxy groups -OCH3 is 1.